The summed E-state index contributed by atoms with van der Waals surface area (Å²) in [5, 5.41) is 9.02. The third kappa shape index (κ3) is 2.38. The first-order valence-corrected chi connectivity index (χ1v) is 5.96. The fourth-order valence-electron chi connectivity index (χ4n) is 2.42. The second kappa shape index (κ2) is 5.13. The Morgan fingerprint density at radius 3 is 2.94 bits per heavy atom. The number of hydrogen-bond donors (Lipinski definition) is 0. The number of halogens is 1. The molecule has 90 valence electrons. The molecule has 0 N–H and O–H groups in total. The van der Waals surface area contributed by atoms with E-state index in [4.69, 9.17) is 5.26 Å². The minimum Gasteiger partial charge on any atom is -0.353 e. The van der Waals surface area contributed by atoms with Gasteiger partial charge in [0, 0.05) is 13.2 Å². The van der Waals surface area contributed by atoms with E-state index in [9.17, 15) is 4.39 Å². The van der Waals surface area contributed by atoms with E-state index < -0.39 is 6.17 Å². The lowest BCUT2D eigenvalue weighted by atomic mass is 9.92. The molecule has 1 fully saturated rings. The molecule has 2 rings (SSSR count). The van der Waals surface area contributed by atoms with Crippen LogP contribution in [0.3, 0.4) is 0 Å². The average Bonchev–Trinajstić information content (AvgIpc) is 2.38. The summed E-state index contributed by atoms with van der Waals surface area (Å²) in [7, 11) is 1.83. The van der Waals surface area contributed by atoms with Gasteiger partial charge in [-0.3, -0.25) is 0 Å². The van der Waals surface area contributed by atoms with Crippen LogP contribution in [0.5, 0.6) is 0 Å². The Labute approximate surface area is 101 Å². The van der Waals surface area contributed by atoms with Gasteiger partial charge in [-0.15, -0.1) is 0 Å². The van der Waals surface area contributed by atoms with Crippen molar-refractivity contribution in [2.24, 2.45) is 0 Å². The molecule has 17 heavy (non-hydrogen) atoms. The summed E-state index contributed by atoms with van der Waals surface area (Å²) < 4.78 is 13.9. The molecule has 0 spiro atoms. The molecule has 0 amide bonds. The smallest absolute Gasteiger partial charge is 0.146 e. The van der Waals surface area contributed by atoms with Gasteiger partial charge in [-0.05, 0) is 25.0 Å². The zero-order valence-corrected chi connectivity index (χ0v) is 9.93. The quantitative estimate of drug-likeness (QED) is 0.788. The largest absolute Gasteiger partial charge is 0.353 e. The highest BCUT2D eigenvalue weighted by molar-refractivity contribution is 5.53. The Balaban J connectivity index is 2.24. The molecule has 0 bridgehead atoms. The zero-order valence-electron chi connectivity index (χ0n) is 9.93. The Bertz CT molecular complexity index is 427. The van der Waals surface area contributed by atoms with E-state index in [1.807, 2.05) is 11.9 Å². The summed E-state index contributed by atoms with van der Waals surface area (Å²) in [6.45, 7) is 0. The molecule has 3 nitrogen and oxygen atoms in total. The van der Waals surface area contributed by atoms with Crippen LogP contribution in [0.15, 0.2) is 18.3 Å². The van der Waals surface area contributed by atoms with Crippen molar-refractivity contribution in [3.05, 3.63) is 23.9 Å². The third-order valence-electron chi connectivity index (χ3n) is 3.39. The van der Waals surface area contributed by atoms with Gasteiger partial charge in [0.2, 0.25) is 0 Å². The first-order valence-electron chi connectivity index (χ1n) is 5.96. The van der Waals surface area contributed by atoms with E-state index in [-0.39, 0.29) is 6.04 Å². The van der Waals surface area contributed by atoms with Crippen molar-refractivity contribution in [2.75, 3.05) is 11.9 Å². The van der Waals surface area contributed by atoms with Crippen molar-refractivity contribution in [1.29, 1.82) is 5.26 Å². The lowest BCUT2D eigenvalue weighted by Gasteiger charge is -2.34. The SMILES string of the molecule is CN(c1ncccc1C#N)[C@@H]1CCCC[C@H]1F. The molecular weight excluding hydrogens is 217 g/mol. The van der Waals surface area contributed by atoms with Gasteiger partial charge in [0.05, 0.1) is 11.6 Å². The second-order valence-electron chi connectivity index (χ2n) is 4.47. The van der Waals surface area contributed by atoms with Crippen LogP contribution in [0.4, 0.5) is 10.2 Å². The van der Waals surface area contributed by atoms with Crippen molar-refractivity contribution in [1.82, 2.24) is 4.98 Å². The molecule has 0 saturated heterocycles. The molecule has 0 radical (unpaired) electrons. The summed E-state index contributed by atoms with van der Waals surface area (Å²) in [6, 6.07) is 5.40. The van der Waals surface area contributed by atoms with Gasteiger partial charge in [-0.25, -0.2) is 9.37 Å². The van der Waals surface area contributed by atoms with Gasteiger partial charge in [0.25, 0.3) is 0 Å². The lowest BCUT2D eigenvalue weighted by molar-refractivity contribution is 0.213. The molecular formula is C13H16FN3. The fraction of sp³-hybridized carbons (Fsp3) is 0.538. The highest BCUT2D eigenvalue weighted by Gasteiger charge is 2.29. The Morgan fingerprint density at radius 1 is 1.47 bits per heavy atom. The monoisotopic (exact) mass is 233 g/mol. The van der Waals surface area contributed by atoms with Gasteiger partial charge < -0.3 is 4.90 Å². The standard InChI is InChI=1S/C13H16FN3/c1-17(12-7-3-2-6-11(12)14)13-10(9-15)5-4-8-16-13/h4-5,8,11-12H,2-3,6-7H2,1H3/t11-,12-/m1/s1. The molecule has 0 unspecified atom stereocenters. The second-order valence-corrected chi connectivity index (χ2v) is 4.47. The van der Waals surface area contributed by atoms with Crippen LogP contribution in [-0.2, 0) is 0 Å². The number of nitrogens with zero attached hydrogens (tertiary/aromatic N) is 3. The molecule has 0 aromatic carbocycles. The van der Waals surface area contributed by atoms with Crippen molar-refractivity contribution in [3.8, 4) is 6.07 Å². The number of rotatable bonds is 2. The van der Waals surface area contributed by atoms with E-state index in [1.165, 1.54) is 0 Å². The van der Waals surface area contributed by atoms with Crippen LogP contribution in [0, 0.1) is 11.3 Å². The Kier molecular flexibility index (Phi) is 3.58. The summed E-state index contributed by atoms with van der Waals surface area (Å²) in [5.74, 6) is 0.588. The predicted octanol–water partition coefficient (Wildman–Crippen LogP) is 2.67. The summed E-state index contributed by atoms with van der Waals surface area (Å²) in [6.07, 6.45) is 4.27. The Hall–Kier alpha value is -1.63. The molecule has 1 aliphatic carbocycles. The van der Waals surface area contributed by atoms with Gasteiger partial charge >= 0.3 is 0 Å². The van der Waals surface area contributed by atoms with Crippen molar-refractivity contribution in [2.45, 2.75) is 37.9 Å². The van der Waals surface area contributed by atoms with E-state index >= 15 is 0 Å². The van der Waals surface area contributed by atoms with Crippen LogP contribution in [-0.4, -0.2) is 24.2 Å². The van der Waals surface area contributed by atoms with Gasteiger partial charge in [0.1, 0.15) is 18.1 Å². The highest BCUT2D eigenvalue weighted by atomic mass is 19.1. The molecule has 1 aromatic heterocycles. The van der Waals surface area contributed by atoms with Gasteiger partial charge in [0.15, 0.2) is 0 Å². The molecule has 2 atom stereocenters. The Morgan fingerprint density at radius 2 is 2.24 bits per heavy atom. The maximum Gasteiger partial charge on any atom is 0.146 e. The van der Waals surface area contributed by atoms with Crippen LogP contribution < -0.4 is 4.90 Å². The van der Waals surface area contributed by atoms with Crippen molar-refractivity contribution < 1.29 is 4.39 Å². The van der Waals surface area contributed by atoms with Crippen molar-refractivity contribution >= 4 is 5.82 Å². The van der Waals surface area contributed by atoms with Crippen LogP contribution in [0.25, 0.3) is 0 Å². The summed E-state index contributed by atoms with van der Waals surface area (Å²) >= 11 is 0. The third-order valence-corrected chi connectivity index (χ3v) is 3.39. The lowest BCUT2D eigenvalue weighted by Crippen LogP contribution is -2.42. The van der Waals surface area contributed by atoms with Crippen LogP contribution in [0.2, 0.25) is 0 Å². The first-order chi connectivity index (χ1) is 8.24. The maximum absolute atomic E-state index is 13.9. The average molecular weight is 233 g/mol. The van der Waals surface area contributed by atoms with Crippen molar-refractivity contribution in [3.63, 3.8) is 0 Å². The van der Waals surface area contributed by atoms with E-state index in [0.29, 0.717) is 17.8 Å². The number of nitriles is 1. The van der Waals surface area contributed by atoms with Crippen LogP contribution in [0.1, 0.15) is 31.2 Å². The van der Waals surface area contributed by atoms with Crippen LogP contribution >= 0.6 is 0 Å². The first kappa shape index (κ1) is 11.8. The molecule has 1 aromatic rings. The number of pyridine rings is 1. The number of aromatic nitrogens is 1. The van der Waals surface area contributed by atoms with Gasteiger partial charge in [-0.2, -0.15) is 5.26 Å². The molecule has 0 aliphatic heterocycles. The summed E-state index contributed by atoms with van der Waals surface area (Å²) in [4.78, 5) is 6.02. The molecule has 1 aliphatic rings. The fourth-order valence-corrected chi connectivity index (χ4v) is 2.42. The highest BCUT2D eigenvalue weighted by Crippen LogP contribution is 2.28. The minimum atomic E-state index is -0.817. The normalized spacial score (nSPS) is 24.1. The summed E-state index contributed by atoms with van der Waals surface area (Å²) in [5.41, 5.74) is 0.507. The predicted molar refractivity (Wildman–Crippen MR) is 64.5 cm³/mol. The topological polar surface area (TPSA) is 39.9 Å². The maximum atomic E-state index is 13.9. The zero-order chi connectivity index (χ0) is 12.3. The van der Waals surface area contributed by atoms with E-state index in [0.717, 1.165) is 19.3 Å². The van der Waals surface area contributed by atoms with Gasteiger partial charge in [-0.1, -0.05) is 12.8 Å². The minimum absolute atomic E-state index is 0.147. The number of anilines is 1. The molecule has 4 heteroatoms. The number of alkyl halides is 1. The number of hydrogen-bond acceptors (Lipinski definition) is 3. The van der Waals surface area contributed by atoms with E-state index in [1.54, 1.807) is 18.3 Å². The van der Waals surface area contributed by atoms with E-state index in [2.05, 4.69) is 11.1 Å². The molecule has 1 saturated carbocycles. The molecule has 1 heterocycles.